The first-order chi connectivity index (χ1) is 10.9. The van der Waals surface area contributed by atoms with Crippen molar-refractivity contribution in [3.8, 4) is 5.75 Å². The molecule has 0 unspecified atom stereocenters. The molecule has 1 amide bonds. The molecule has 2 aromatic carbocycles. The van der Waals surface area contributed by atoms with Crippen molar-refractivity contribution in [3.63, 3.8) is 0 Å². The van der Waals surface area contributed by atoms with Crippen LogP contribution in [0.1, 0.15) is 30.0 Å². The summed E-state index contributed by atoms with van der Waals surface area (Å²) in [7, 11) is 0. The molecule has 0 saturated carbocycles. The lowest BCUT2D eigenvalue weighted by Crippen LogP contribution is -2.32. The Balaban J connectivity index is 2.08. The van der Waals surface area contributed by atoms with Crippen LogP contribution in [0.5, 0.6) is 5.75 Å². The Morgan fingerprint density at radius 1 is 1.09 bits per heavy atom. The van der Waals surface area contributed by atoms with E-state index in [-0.39, 0.29) is 5.91 Å². The number of carbonyl (C=O) groups excluding carboxylic acids is 1. The molecule has 122 valence electrons. The number of ether oxygens (including phenoxy) is 1. The number of amides is 1. The van der Waals surface area contributed by atoms with Gasteiger partial charge in [0.2, 0.25) is 0 Å². The third-order valence-electron chi connectivity index (χ3n) is 3.86. The molecule has 3 nitrogen and oxygen atoms in total. The smallest absolute Gasteiger partial charge is 0.265 e. The Morgan fingerprint density at radius 2 is 1.78 bits per heavy atom. The van der Waals surface area contributed by atoms with Gasteiger partial charge in [0.15, 0.2) is 6.10 Å². The summed E-state index contributed by atoms with van der Waals surface area (Å²) >= 11 is 6.09. The van der Waals surface area contributed by atoms with Crippen molar-refractivity contribution < 1.29 is 9.53 Å². The lowest BCUT2D eigenvalue weighted by atomic mass is 10.1. The fraction of sp³-hybridized carbons (Fsp3) is 0.316. The van der Waals surface area contributed by atoms with Gasteiger partial charge in [-0.05, 0) is 68.1 Å². The summed E-state index contributed by atoms with van der Waals surface area (Å²) in [4.78, 5) is 12.4. The lowest BCUT2D eigenvalue weighted by molar-refractivity contribution is -0.122. The molecular weight excluding hydrogens is 310 g/mol. The minimum absolute atomic E-state index is 0.175. The van der Waals surface area contributed by atoms with Gasteiger partial charge in [0.05, 0.1) is 0 Å². The van der Waals surface area contributed by atoms with Crippen LogP contribution >= 0.6 is 11.6 Å². The summed E-state index contributed by atoms with van der Waals surface area (Å²) in [5, 5.41) is 3.49. The Morgan fingerprint density at radius 3 is 2.39 bits per heavy atom. The van der Waals surface area contributed by atoms with Gasteiger partial charge in [-0.3, -0.25) is 4.79 Å². The molecule has 0 fully saturated rings. The van der Waals surface area contributed by atoms with Crippen molar-refractivity contribution in [2.24, 2.45) is 0 Å². The van der Waals surface area contributed by atoms with Crippen LogP contribution in [0.2, 0.25) is 5.02 Å². The van der Waals surface area contributed by atoms with Crippen molar-refractivity contribution >= 4 is 23.2 Å². The molecule has 2 rings (SSSR count). The molecule has 2 aromatic rings. The maximum atomic E-state index is 12.4. The number of carbonyl (C=O) groups is 1. The van der Waals surface area contributed by atoms with Gasteiger partial charge in [0.25, 0.3) is 5.91 Å². The Bertz CT molecular complexity index is 713. The molecule has 0 aromatic heterocycles. The normalized spacial score (nSPS) is 11.9. The van der Waals surface area contributed by atoms with E-state index in [0.717, 1.165) is 11.1 Å². The minimum Gasteiger partial charge on any atom is -0.481 e. The molecule has 1 N–H and O–H groups in total. The van der Waals surface area contributed by atoms with Gasteiger partial charge in [-0.25, -0.2) is 0 Å². The maximum absolute atomic E-state index is 12.4. The molecule has 0 saturated heterocycles. The van der Waals surface area contributed by atoms with E-state index < -0.39 is 6.10 Å². The quantitative estimate of drug-likeness (QED) is 0.831. The van der Waals surface area contributed by atoms with Crippen LogP contribution in [0, 0.1) is 20.8 Å². The standard InChI is InChI=1S/C19H22ClNO2/c1-5-18(23-16-9-7-12(2)14(4)10-16)19(22)21-15-8-6-13(3)17(20)11-15/h6-11,18H,5H2,1-4H3,(H,21,22)/t18-/m0/s1. The van der Waals surface area contributed by atoms with Gasteiger partial charge in [-0.1, -0.05) is 30.7 Å². The number of aryl methyl sites for hydroxylation is 3. The molecular formula is C19H22ClNO2. The molecule has 23 heavy (non-hydrogen) atoms. The van der Waals surface area contributed by atoms with E-state index in [9.17, 15) is 4.79 Å². The van der Waals surface area contributed by atoms with E-state index in [1.54, 1.807) is 6.07 Å². The van der Waals surface area contributed by atoms with E-state index in [2.05, 4.69) is 5.32 Å². The predicted octanol–water partition coefficient (Wildman–Crippen LogP) is 5.06. The summed E-state index contributed by atoms with van der Waals surface area (Å²) in [6, 6.07) is 11.3. The first-order valence-corrected chi connectivity index (χ1v) is 8.09. The summed E-state index contributed by atoms with van der Waals surface area (Å²) < 4.78 is 5.84. The second-order valence-corrected chi connectivity index (χ2v) is 6.12. The second-order valence-electron chi connectivity index (χ2n) is 5.71. The van der Waals surface area contributed by atoms with Crippen molar-refractivity contribution in [2.45, 2.75) is 40.2 Å². The SMILES string of the molecule is CC[C@H](Oc1ccc(C)c(C)c1)C(=O)Nc1ccc(C)c(Cl)c1. The van der Waals surface area contributed by atoms with Gasteiger partial charge >= 0.3 is 0 Å². The molecule has 0 bridgehead atoms. The molecule has 0 aliphatic rings. The van der Waals surface area contributed by atoms with Crippen LogP contribution in [0.4, 0.5) is 5.69 Å². The number of nitrogens with one attached hydrogen (secondary N) is 1. The van der Waals surface area contributed by atoms with Crippen molar-refractivity contribution in [3.05, 3.63) is 58.1 Å². The second kappa shape index (κ2) is 7.51. The summed E-state index contributed by atoms with van der Waals surface area (Å²) in [5.74, 6) is 0.530. The number of benzene rings is 2. The molecule has 0 radical (unpaired) electrons. The third kappa shape index (κ3) is 4.49. The largest absolute Gasteiger partial charge is 0.481 e. The van der Waals surface area contributed by atoms with Gasteiger partial charge in [0, 0.05) is 10.7 Å². The van der Waals surface area contributed by atoms with Gasteiger partial charge < -0.3 is 10.1 Å². The third-order valence-corrected chi connectivity index (χ3v) is 4.27. The average molecular weight is 332 g/mol. The molecule has 0 heterocycles. The Kier molecular flexibility index (Phi) is 5.67. The van der Waals surface area contributed by atoms with E-state index in [4.69, 9.17) is 16.3 Å². The number of hydrogen-bond acceptors (Lipinski definition) is 2. The summed E-state index contributed by atoms with van der Waals surface area (Å²) in [6.45, 7) is 7.92. The zero-order chi connectivity index (χ0) is 17.0. The zero-order valence-corrected chi connectivity index (χ0v) is 14.7. The molecule has 1 atom stereocenters. The number of rotatable bonds is 5. The first-order valence-electron chi connectivity index (χ1n) is 7.71. The molecule has 4 heteroatoms. The first kappa shape index (κ1) is 17.4. The van der Waals surface area contributed by atoms with Gasteiger partial charge in [-0.2, -0.15) is 0 Å². The van der Waals surface area contributed by atoms with Crippen molar-refractivity contribution in [1.29, 1.82) is 0 Å². The highest BCUT2D eigenvalue weighted by Gasteiger charge is 2.19. The zero-order valence-electron chi connectivity index (χ0n) is 13.9. The Hall–Kier alpha value is -2.00. The maximum Gasteiger partial charge on any atom is 0.265 e. The average Bonchev–Trinajstić information content (AvgIpc) is 2.52. The van der Waals surface area contributed by atoms with Gasteiger partial charge in [-0.15, -0.1) is 0 Å². The van der Waals surface area contributed by atoms with E-state index in [0.29, 0.717) is 22.9 Å². The Labute approximate surface area is 142 Å². The summed E-state index contributed by atoms with van der Waals surface area (Å²) in [5.41, 5.74) is 3.99. The minimum atomic E-state index is -0.544. The van der Waals surface area contributed by atoms with E-state index in [1.165, 1.54) is 5.56 Å². The highest BCUT2D eigenvalue weighted by molar-refractivity contribution is 6.31. The van der Waals surface area contributed by atoms with E-state index in [1.807, 2.05) is 58.0 Å². The molecule has 0 aliphatic heterocycles. The highest BCUT2D eigenvalue weighted by atomic mass is 35.5. The van der Waals surface area contributed by atoms with Gasteiger partial charge in [0.1, 0.15) is 5.75 Å². The fourth-order valence-corrected chi connectivity index (χ4v) is 2.35. The van der Waals surface area contributed by atoms with Crippen LogP contribution in [0.15, 0.2) is 36.4 Å². The lowest BCUT2D eigenvalue weighted by Gasteiger charge is -2.18. The predicted molar refractivity (Wildman–Crippen MR) is 95.4 cm³/mol. The van der Waals surface area contributed by atoms with Crippen LogP contribution in [0.3, 0.4) is 0 Å². The van der Waals surface area contributed by atoms with Crippen LogP contribution < -0.4 is 10.1 Å². The van der Waals surface area contributed by atoms with Crippen molar-refractivity contribution in [1.82, 2.24) is 0 Å². The van der Waals surface area contributed by atoms with Crippen LogP contribution in [-0.2, 0) is 4.79 Å². The number of hydrogen-bond donors (Lipinski definition) is 1. The monoisotopic (exact) mass is 331 g/mol. The number of halogens is 1. The molecule has 0 spiro atoms. The van der Waals surface area contributed by atoms with Crippen LogP contribution in [-0.4, -0.2) is 12.0 Å². The van der Waals surface area contributed by atoms with Crippen LogP contribution in [0.25, 0.3) is 0 Å². The van der Waals surface area contributed by atoms with E-state index >= 15 is 0 Å². The topological polar surface area (TPSA) is 38.3 Å². The van der Waals surface area contributed by atoms with Crippen molar-refractivity contribution in [2.75, 3.05) is 5.32 Å². The fourth-order valence-electron chi connectivity index (χ4n) is 2.17. The summed E-state index contributed by atoms with van der Waals surface area (Å²) in [6.07, 6.45) is 0.0374. The molecule has 0 aliphatic carbocycles. The highest BCUT2D eigenvalue weighted by Crippen LogP contribution is 2.22. The number of anilines is 1.